The van der Waals surface area contributed by atoms with Crippen LogP contribution in [0.1, 0.15) is 20.8 Å². The van der Waals surface area contributed by atoms with Crippen molar-refractivity contribution in [2.45, 2.75) is 26.8 Å². The minimum atomic E-state index is -1.44. The molecule has 0 aromatic carbocycles. The minimum Gasteiger partial charge on any atom is -0.464 e. The lowest BCUT2D eigenvalue weighted by Gasteiger charge is -2.14. The molecule has 0 unspecified atom stereocenters. The molecular formula is C13H19NO5. The highest BCUT2D eigenvalue weighted by Gasteiger charge is 2.30. The summed E-state index contributed by atoms with van der Waals surface area (Å²) in [4.78, 5) is 34.6. The first kappa shape index (κ1) is 16.9. The highest BCUT2D eigenvalue weighted by atomic mass is 16.6. The highest BCUT2D eigenvalue weighted by Crippen LogP contribution is 1.95. The van der Waals surface area contributed by atoms with Gasteiger partial charge in [-0.3, -0.25) is 4.79 Å². The molecule has 0 bridgehead atoms. The van der Waals surface area contributed by atoms with Crippen LogP contribution in [-0.4, -0.2) is 37.1 Å². The Morgan fingerprint density at radius 2 is 1.58 bits per heavy atom. The van der Waals surface area contributed by atoms with Gasteiger partial charge in [-0.15, -0.1) is 0 Å². The van der Waals surface area contributed by atoms with Crippen molar-refractivity contribution < 1.29 is 23.9 Å². The van der Waals surface area contributed by atoms with Crippen LogP contribution in [0.3, 0.4) is 0 Å². The molecule has 0 saturated heterocycles. The Morgan fingerprint density at radius 1 is 1.05 bits per heavy atom. The van der Waals surface area contributed by atoms with Crippen molar-refractivity contribution in [3.05, 3.63) is 24.3 Å². The number of allylic oxidation sites excluding steroid dienone is 3. The molecule has 0 spiro atoms. The molecule has 0 aliphatic rings. The average molecular weight is 269 g/mol. The van der Waals surface area contributed by atoms with E-state index in [0.717, 1.165) is 0 Å². The smallest absolute Gasteiger partial charge is 0.340 e. The van der Waals surface area contributed by atoms with Crippen molar-refractivity contribution >= 4 is 17.8 Å². The first-order valence-electron chi connectivity index (χ1n) is 5.99. The number of nitrogens with one attached hydrogen (secondary N) is 1. The molecule has 106 valence electrons. The summed E-state index contributed by atoms with van der Waals surface area (Å²) in [6.07, 6.45) is 6.06. The molecular weight excluding hydrogens is 250 g/mol. The van der Waals surface area contributed by atoms with Gasteiger partial charge in [0.1, 0.15) is 0 Å². The van der Waals surface area contributed by atoms with Gasteiger partial charge in [0.05, 0.1) is 13.2 Å². The second-order valence-corrected chi connectivity index (χ2v) is 3.33. The molecule has 0 aliphatic heterocycles. The summed E-state index contributed by atoms with van der Waals surface area (Å²) >= 11 is 0. The maximum absolute atomic E-state index is 11.5. The first-order valence-corrected chi connectivity index (χ1v) is 5.99. The minimum absolute atomic E-state index is 0.110. The van der Waals surface area contributed by atoms with Gasteiger partial charge in [-0.05, 0) is 20.8 Å². The summed E-state index contributed by atoms with van der Waals surface area (Å²) in [5.41, 5.74) is 0. The van der Waals surface area contributed by atoms with Crippen LogP contribution in [0.25, 0.3) is 0 Å². The van der Waals surface area contributed by atoms with Crippen molar-refractivity contribution in [2.24, 2.45) is 0 Å². The van der Waals surface area contributed by atoms with Crippen molar-refractivity contribution in [1.29, 1.82) is 0 Å². The number of carbonyl (C=O) groups is 3. The fraction of sp³-hybridized carbons (Fsp3) is 0.462. The molecule has 0 rings (SSSR count). The van der Waals surface area contributed by atoms with Gasteiger partial charge >= 0.3 is 11.9 Å². The number of hydrogen-bond donors (Lipinski definition) is 1. The van der Waals surface area contributed by atoms with Crippen molar-refractivity contribution in [3.63, 3.8) is 0 Å². The van der Waals surface area contributed by atoms with E-state index in [2.05, 4.69) is 5.32 Å². The van der Waals surface area contributed by atoms with Crippen LogP contribution < -0.4 is 5.32 Å². The van der Waals surface area contributed by atoms with Crippen molar-refractivity contribution in [2.75, 3.05) is 13.2 Å². The lowest BCUT2D eigenvalue weighted by atomic mass is 10.3. The molecule has 19 heavy (non-hydrogen) atoms. The van der Waals surface area contributed by atoms with Gasteiger partial charge < -0.3 is 14.8 Å². The second-order valence-electron chi connectivity index (χ2n) is 3.33. The van der Waals surface area contributed by atoms with Crippen LogP contribution in [0.15, 0.2) is 24.3 Å². The van der Waals surface area contributed by atoms with E-state index in [9.17, 15) is 14.4 Å². The Labute approximate surface area is 112 Å². The SMILES string of the molecule is C/C=C/C=C/C(=O)NC(C(=O)OCC)C(=O)OCC. The molecule has 0 heterocycles. The Morgan fingerprint density at radius 3 is 2.00 bits per heavy atom. The summed E-state index contributed by atoms with van der Waals surface area (Å²) in [6, 6.07) is -1.44. The zero-order chi connectivity index (χ0) is 14.7. The van der Waals surface area contributed by atoms with Gasteiger partial charge in [-0.1, -0.05) is 18.2 Å². The standard InChI is InChI=1S/C13H19NO5/c1-4-7-8-9-10(15)14-11(12(16)18-5-2)13(17)19-6-3/h4,7-9,11H,5-6H2,1-3H3,(H,14,15)/b7-4+,9-8+. The zero-order valence-corrected chi connectivity index (χ0v) is 11.3. The number of hydrogen-bond acceptors (Lipinski definition) is 5. The normalized spacial score (nSPS) is 10.9. The van der Waals surface area contributed by atoms with Gasteiger partial charge in [0, 0.05) is 6.08 Å². The molecule has 1 amide bonds. The van der Waals surface area contributed by atoms with Crippen LogP contribution in [0.2, 0.25) is 0 Å². The summed E-state index contributed by atoms with van der Waals surface area (Å²) in [5, 5.41) is 2.24. The van der Waals surface area contributed by atoms with Crippen molar-refractivity contribution in [1.82, 2.24) is 5.32 Å². The average Bonchev–Trinajstić information content (AvgIpc) is 2.36. The van der Waals surface area contributed by atoms with E-state index in [1.807, 2.05) is 0 Å². The molecule has 6 heteroatoms. The number of esters is 2. The summed E-state index contributed by atoms with van der Waals surface area (Å²) in [5.74, 6) is -2.26. The number of rotatable bonds is 7. The Bertz CT molecular complexity index is 355. The van der Waals surface area contributed by atoms with E-state index < -0.39 is 23.9 Å². The second kappa shape index (κ2) is 9.87. The molecule has 1 N–H and O–H groups in total. The van der Waals surface area contributed by atoms with E-state index in [1.54, 1.807) is 32.9 Å². The van der Waals surface area contributed by atoms with Crippen LogP contribution in [0.5, 0.6) is 0 Å². The van der Waals surface area contributed by atoms with Crippen LogP contribution in [-0.2, 0) is 23.9 Å². The topological polar surface area (TPSA) is 81.7 Å². The molecule has 0 aliphatic carbocycles. The van der Waals surface area contributed by atoms with Crippen molar-refractivity contribution in [3.8, 4) is 0 Å². The lowest BCUT2D eigenvalue weighted by molar-refractivity contribution is -0.159. The molecule has 0 fully saturated rings. The van der Waals surface area contributed by atoms with Crippen LogP contribution in [0.4, 0.5) is 0 Å². The van der Waals surface area contributed by atoms with Gasteiger partial charge in [0.25, 0.3) is 0 Å². The molecule has 0 aromatic heterocycles. The summed E-state index contributed by atoms with van der Waals surface area (Å²) in [6.45, 7) is 5.22. The van der Waals surface area contributed by atoms with Gasteiger partial charge in [-0.25, -0.2) is 9.59 Å². The molecule has 0 atom stereocenters. The predicted molar refractivity (Wildman–Crippen MR) is 69.2 cm³/mol. The van der Waals surface area contributed by atoms with Gasteiger partial charge in [-0.2, -0.15) is 0 Å². The van der Waals surface area contributed by atoms with Crippen LogP contribution >= 0.6 is 0 Å². The quantitative estimate of drug-likeness (QED) is 0.319. The molecule has 0 saturated carbocycles. The lowest BCUT2D eigenvalue weighted by Crippen LogP contribution is -2.47. The maximum Gasteiger partial charge on any atom is 0.340 e. The summed E-state index contributed by atoms with van der Waals surface area (Å²) in [7, 11) is 0. The van der Waals surface area contributed by atoms with E-state index in [4.69, 9.17) is 9.47 Å². The molecule has 0 aromatic rings. The summed E-state index contributed by atoms with van der Waals surface area (Å²) < 4.78 is 9.41. The fourth-order valence-corrected chi connectivity index (χ4v) is 1.11. The van der Waals surface area contributed by atoms with Gasteiger partial charge in [0.2, 0.25) is 11.9 Å². The van der Waals surface area contributed by atoms with E-state index >= 15 is 0 Å². The largest absolute Gasteiger partial charge is 0.464 e. The highest BCUT2D eigenvalue weighted by molar-refractivity contribution is 6.04. The third kappa shape index (κ3) is 7.03. The zero-order valence-electron chi connectivity index (χ0n) is 11.3. The monoisotopic (exact) mass is 269 g/mol. The van der Waals surface area contributed by atoms with E-state index in [0.29, 0.717) is 0 Å². The Hall–Kier alpha value is -2.11. The molecule has 6 nitrogen and oxygen atoms in total. The van der Waals surface area contributed by atoms with E-state index in [-0.39, 0.29) is 13.2 Å². The molecule has 0 radical (unpaired) electrons. The predicted octanol–water partition coefficient (Wildman–Crippen LogP) is 0.730. The fourth-order valence-electron chi connectivity index (χ4n) is 1.11. The number of ether oxygens (including phenoxy) is 2. The third-order valence-electron chi connectivity index (χ3n) is 1.88. The number of carbonyl (C=O) groups excluding carboxylic acids is 3. The first-order chi connectivity index (χ1) is 9.06. The number of amides is 1. The van der Waals surface area contributed by atoms with Gasteiger partial charge in [0.15, 0.2) is 0 Å². The van der Waals surface area contributed by atoms with E-state index in [1.165, 1.54) is 12.2 Å². The Kier molecular flexibility index (Phi) is 8.78. The van der Waals surface area contributed by atoms with Crippen LogP contribution in [0, 0.1) is 0 Å². The Balaban J connectivity index is 4.70. The third-order valence-corrected chi connectivity index (χ3v) is 1.88. The maximum atomic E-state index is 11.5.